The molecule has 1 N–H and O–H groups in total. The van der Waals surface area contributed by atoms with Gasteiger partial charge in [0.25, 0.3) is 11.1 Å². The summed E-state index contributed by atoms with van der Waals surface area (Å²) in [7, 11) is 0. The molecule has 2 atom stereocenters. The number of carbonyl (C=O) groups excluding carboxylic acids is 1. The molecule has 1 saturated carbocycles. The van der Waals surface area contributed by atoms with E-state index < -0.39 is 12.5 Å². The van der Waals surface area contributed by atoms with E-state index in [2.05, 4.69) is 25.4 Å². The molecule has 0 spiro atoms. The van der Waals surface area contributed by atoms with Crippen molar-refractivity contribution >= 4 is 28.6 Å². The Morgan fingerprint density at radius 3 is 2.91 bits per heavy atom. The van der Waals surface area contributed by atoms with Gasteiger partial charge in [0.1, 0.15) is 10.0 Å². The first-order chi connectivity index (χ1) is 15.2. The minimum absolute atomic E-state index is 0.0257. The molecule has 1 amide bonds. The molecule has 0 radical (unpaired) electrons. The molecule has 0 unspecified atom stereocenters. The van der Waals surface area contributed by atoms with Crippen LogP contribution in [-0.4, -0.2) is 57.6 Å². The number of ether oxygens (including phenoxy) is 1. The number of halogens is 2. The van der Waals surface area contributed by atoms with Gasteiger partial charge in [-0.3, -0.25) is 9.69 Å². The molecule has 1 aliphatic heterocycles. The maximum absolute atomic E-state index is 13.0. The van der Waals surface area contributed by atoms with Crippen LogP contribution in [0.3, 0.4) is 0 Å². The number of rotatable bonds is 9. The van der Waals surface area contributed by atoms with Crippen LogP contribution in [0.25, 0.3) is 0 Å². The zero-order valence-corrected chi connectivity index (χ0v) is 20.0. The minimum atomic E-state index is -2.85. The van der Waals surface area contributed by atoms with Gasteiger partial charge in [0.15, 0.2) is 6.61 Å². The molecule has 0 saturated heterocycles. The molecule has 7 nitrogen and oxygen atoms in total. The zero-order valence-electron chi connectivity index (χ0n) is 18.4. The second-order valence-corrected chi connectivity index (χ2v) is 11.2. The van der Waals surface area contributed by atoms with Crippen LogP contribution in [-0.2, 0) is 24.2 Å². The smallest absolute Gasteiger partial charge is 0.278 e. The van der Waals surface area contributed by atoms with Gasteiger partial charge in [-0.1, -0.05) is 11.3 Å². The van der Waals surface area contributed by atoms with Gasteiger partial charge in [-0.15, -0.1) is 21.5 Å². The Bertz CT molecular complexity index is 930. The second kappa shape index (κ2) is 10.0. The van der Waals surface area contributed by atoms with Gasteiger partial charge >= 0.3 is 0 Å². The highest BCUT2D eigenvalue weighted by molar-refractivity contribution is 7.13. The first kappa shape index (κ1) is 23.4. The third kappa shape index (κ3) is 6.64. The summed E-state index contributed by atoms with van der Waals surface area (Å²) < 4.78 is 31.2. The average Bonchev–Trinajstić information content (AvgIpc) is 3.43. The van der Waals surface area contributed by atoms with Crippen molar-refractivity contribution < 1.29 is 18.3 Å². The van der Waals surface area contributed by atoms with Crippen molar-refractivity contribution in [3.05, 3.63) is 20.6 Å². The van der Waals surface area contributed by atoms with Crippen molar-refractivity contribution in [2.75, 3.05) is 19.7 Å². The van der Waals surface area contributed by atoms with E-state index in [1.165, 1.54) is 22.7 Å². The van der Waals surface area contributed by atoms with Crippen LogP contribution >= 0.6 is 22.7 Å². The van der Waals surface area contributed by atoms with E-state index in [0.717, 1.165) is 79.2 Å². The highest BCUT2D eigenvalue weighted by Gasteiger charge is 2.28. The fourth-order valence-corrected chi connectivity index (χ4v) is 5.94. The molecular weight excluding hydrogens is 456 g/mol. The molecule has 0 bridgehead atoms. The van der Waals surface area contributed by atoms with Crippen molar-refractivity contribution in [3.8, 4) is 5.19 Å². The van der Waals surface area contributed by atoms with E-state index in [9.17, 15) is 13.6 Å². The maximum Gasteiger partial charge on any atom is 0.278 e. The van der Waals surface area contributed by atoms with E-state index in [1.54, 1.807) is 0 Å². The quantitative estimate of drug-likeness (QED) is 0.585. The van der Waals surface area contributed by atoms with Crippen LogP contribution < -0.4 is 10.1 Å². The number of hydrogen-bond donors (Lipinski definition) is 1. The molecule has 2 aromatic rings. The van der Waals surface area contributed by atoms with Gasteiger partial charge in [0.2, 0.25) is 5.91 Å². The number of alkyl halides is 2. The molecule has 176 valence electrons. The minimum Gasteiger partial charge on any atom is -0.464 e. The molecule has 3 heterocycles. The van der Waals surface area contributed by atoms with Crippen LogP contribution in [0.4, 0.5) is 8.78 Å². The molecule has 1 fully saturated rings. The Morgan fingerprint density at radius 1 is 1.31 bits per heavy atom. The number of carbonyl (C=O) groups is 1. The van der Waals surface area contributed by atoms with Crippen molar-refractivity contribution in [3.63, 3.8) is 0 Å². The highest BCUT2D eigenvalue weighted by Crippen LogP contribution is 2.32. The van der Waals surface area contributed by atoms with Gasteiger partial charge in [0.05, 0.1) is 12.1 Å². The summed E-state index contributed by atoms with van der Waals surface area (Å²) >= 11 is 2.85. The summed E-state index contributed by atoms with van der Waals surface area (Å²) in [5.41, 5.74) is 0.958. The summed E-state index contributed by atoms with van der Waals surface area (Å²) in [4.78, 5) is 20.2. The van der Waals surface area contributed by atoms with Gasteiger partial charge in [-0.2, -0.15) is 0 Å². The first-order valence-corrected chi connectivity index (χ1v) is 12.7. The standard InChI is InChI=1S/C21H29F2N5O2S2/c1-13-26-27-19(31-13)10-18(29)24-15-4-3-14(9-15)5-7-28-8-6-17-16(11-28)25-20(32-17)30-12-21(2,22)23/h14-15H,3-12H2,1-2H3,(H,24,29)/t14-,15+/m0/s1. The summed E-state index contributed by atoms with van der Waals surface area (Å²) in [5, 5.41) is 13.1. The Labute approximate surface area is 194 Å². The van der Waals surface area contributed by atoms with Crippen LogP contribution in [0.5, 0.6) is 5.19 Å². The Balaban J connectivity index is 1.17. The summed E-state index contributed by atoms with van der Waals surface area (Å²) in [6.07, 6.45) is 5.44. The number of fused-ring (bicyclic) bond motifs is 1. The van der Waals surface area contributed by atoms with Crippen LogP contribution in [0.2, 0.25) is 0 Å². The number of nitrogens with zero attached hydrogens (tertiary/aromatic N) is 4. The average molecular weight is 486 g/mol. The van der Waals surface area contributed by atoms with Crippen molar-refractivity contribution in [1.29, 1.82) is 0 Å². The lowest BCUT2D eigenvalue weighted by Gasteiger charge is -2.26. The van der Waals surface area contributed by atoms with E-state index in [1.807, 2.05) is 6.92 Å². The number of amides is 1. The topological polar surface area (TPSA) is 80.2 Å². The molecule has 11 heteroatoms. The van der Waals surface area contributed by atoms with Crippen molar-refractivity contribution in [2.24, 2.45) is 5.92 Å². The van der Waals surface area contributed by atoms with Crippen molar-refractivity contribution in [2.45, 2.75) is 70.9 Å². The normalized spacial score (nSPS) is 21.5. The predicted octanol–water partition coefficient (Wildman–Crippen LogP) is 3.61. The summed E-state index contributed by atoms with van der Waals surface area (Å²) in [6, 6.07) is 0.240. The number of aryl methyl sites for hydroxylation is 1. The third-order valence-corrected chi connectivity index (χ3v) is 7.78. The van der Waals surface area contributed by atoms with Gasteiger partial charge < -0.3 is 10.1 Å². The fraction of sp³-hybridized carbons (Fsp3) is 0.714. The van der Waals surface area contributed by atoms with Crippen LogP contribution in [0.1, 0.15) is 53.2 Å². The number of nitrogens with one attached hydrogen (secondary N) is 1. The first-order valence-electron chi connectivity index (χ1n) is 11.0. The largest absolute Gasteiger partial charge is 0.464 e. The monoisotopic (exact) mass is 485 g/mol. The highest BCUT2D eigenvalue weighted by atomic mass is 32.1. The lowest BCUT2D eigenvalue weighted by Crippen LogP contribution is -2.34. The van der Waals surface area contributed by atoms with Gasteiger partial charge in [-0.25, -0.2) is 13.8 Å². The number of aromatic nitrogens is 3. The molecule has 4 rings (SSSR count). The van der Waals surface area contributed by atoms with Crippen LogP contribution in [0.15, 0.2) is 0 Å². The fourth-order valence-electron chi connectivity index (χ4n) is 4.33. The number of hydrogen-bond acceptors (Lipinski definition) is 8. The Kier molecular flexibility index (Phi) is 7.36. The molecule has 2 aliphatic rings. The molecular formula is C21H29F2N5O2S2. The Morgan fingerprint density at radius 2 is 2.16 bits per heavy atom. The second-order valence-electron chi connectivity index (χ2n) is 8.86. The molecule has 0 aromatic carbocycles. The lowest BCUT2D eigenvalue weighted by molar-refractivity contribution is -0.121. The molecule has 32 heavy (non-hydrogen) atoms. The Hall–Kier alpha value is -1.72. The zero-order chi connectivity index (χ0) is 22.7. The van der Waals surface area contributed by atoms with Crippen LogP contribution in [0, 0.1) is 12.8 Å². The lowest BCUT2D eigenvalue weighted by atomic mass is 10.0. The third-order valence-electron chi connectivity index (χ3n) is 5.88. The van der Waals surface area contributed by atoms with E-state index in [-0.39, 0.29) is 11.9 Å². The summed E-state index contributed by atoms with van der Waals surface area (Å²) in [6.45, 7) is 4.77. The van der Waals surface area contributed by atoms with E-state index in [0.29, 0.717) is 17.5 Å². The maximum atomic E-state index is 13.0. The molecule has 1 aliphatic carbocycles. The van der Waals surface area contributed by atoms with Gasteiger partial charge in [0, 0.05) is 30.9 Å². The predicted molar refractivity (Wildman–Crippen MR) is 119 cm³/mol. The summed E-state index contributed by atoms with van der Waals surface area (Å²) in [5.74, 6) is -2.22. The van der Waals surface area contributed by atoms with Crippen molar-refractivity contribution in [1.82, 2.24) is 25.4 Å². The molecule has 2 aromatic heterocycles. The SMILES string of the molecule is Cc1nnc(CC(=O)N[C@@H]2CC[C@@H](CCN3CCc4sc(OCC(C)(F)F)nc4C3)C2)s1. The van der Waals surface area contributed by atoms with Gasteiger partial charge in [-0.05, 0) is 51.5 Å². The van der Waals surface area contributed by atoms with E-state index >= 15 is 0 Å². The van der Waals surface area contributed by atoms with E-state index in [4.69, 9.17) is 4.74 Å². The number of thiazole rings is 1.